The summed E-state index contributed by atoms with van der Waals surface area (Å²) < 4.78 is 2.01. The van der Waals surface area contributed by atoms with Crippen molar-refractivity contribution in [2.75, 3.05) is 6.54 Å². The molecule has 1 saturated heterocycles. The van der Waals surface area contributed by atoms with Gasteiger partial charge in [-0.15, -0.1) is 11.3 Å². The van der Waals surface area contributed by atoms with Crippen LogP contribution in [0.2, 0.25) is 0 Å². The lowest BCUT2D eigenvalue weighted by Crippen LogP contribution is -2.32. The third kappa shape index (κ3) is 3.32. The highest BCUT2D eigenvalue weighted by Crippen LogP contribution is 2.20. The molecule has 1 fully saturated rings. The molecule has 0 radical (unpaired) electrons. The van der Waals surface area contributed by atoms with E-state index in [-0.39, 0.29) is 24.2 Å². The summed E-state index contributed by atoms with van der Waals surface area (Å²) in [6, 6.07) is 5.62. The fourth-order valence-electron chi connectivity index (χ4n) is 3.14. The average Bonchev–Trinajstić information content (AvgIpc) is 3.31. The number of rotatable bonds is 5. The molecule has 0 aliphatic carbocycles. The maximum atomic E-state index is 12.4. The molecular formula is C18H19N5O2S. The van der Waals surface area contributed by atoms with Crippen molar-refractivity contribution in [2.45, 2.75) is 26.4 Å². The van der Waals surface area contributed by atoms with E-state index in [9.17, 15) is 9.59 Å². The largest absolute Gasteiger partial charge is 0.350 e. The van der Waals surface area contributed by atoms with Crippen molar-refractivity contribution in [2.24, 2.45) is 5.92 Å². The second kappa shape index (κ2) is 6.87. The second-order valence-corrected chi connectivity index (χ2v) is 7.31. The molecule has 0 spiro atoms. The first-order valence-electron chi connectivity index (χ1n) is 8.47. The molecule has 2 amide bonds. The van der Waals surface area contributed by atoms with Gasteiger partial charge in [-0.25, -0.2) is 4.98 Å². The van der Waals surface area contributed by atoms with Crippen LogP contribution in [0.1, 0.15) is 23.5 Å². The predicted molar refractivity (Wildman–Crippen MR) is 97.4 cm³/mol. The number of thiazole rings is 1. The second-order valence-electron chi connectivity index (χ2n) is 6.48. The van der Waals surface area contributed by atoms with Crippen LogP contribution in [0, 0.1) is 12.8 Å². The molecule has 3 aromatic heterocycles. The monoisotopic (exact) mass is 369 g/mol. The number of carbonyl (C=O) groups is 2. The first-order chi connectivity index (χ1) is 12.6. The summed E-state index contributed by atoms with van der Waals surface area (Å²) in [6.07, 6.45) is 3.89. The molecule has 1 aliphatic rings. The fourth-order valence-corrected chi connectivity index (χ4v) is 4.01. The van der Waals surface area contributed by atoms with Crippen molar-refractivity contribution in [3.05, 3.63) is 53.1 Å². The Labute approximate surface area is 154 Å². The SMILES string of the molecule is Cc1csc2nc(CNC(=O)[C@H]3CC(=O)N(Cc4ccccn4)C3)cn12. The van der Waals surface area contributed by atoms with E-state index in [0.717, 1.165) is 22.0 Å². The van der Waals surface area contributed by atoms with Gasteiger partial charge in [0.15, 0.2) is 4.96 Å². The Hall–Kier alpha value is -2.74. The number of pyridine rings is 1. The number of imidazole rings is 1. The van der Waals surface area contributed by atoms with Crippen molar-refractivity contribution in [3.63, 3.8) is 0 Å². The molecule has 3 aromatic rings. The molecule has 4 heterocycles. The number of hydrogen-bond acceptors (Lipinski definition) is 5. The Morgan fingerprint density at radius 3 is 3.04 bits per heavy atom. The van der Waals surface area contributed by atoms with Crippen LogP contribution in [-0.2, 0) is 22.7 Å². The Morgan fingerprint density at radius 1 is 1.38 bits per heavy atom. The number of likely N-dealkylation sites (tertiary alicyclic amines) is 1. The topological polar surface area (TPSA) is 79.6 Å². The fraction of sp³-hybridized carbons (Fsp3) is 0.333. The Balaban J connectivity index is 1.34. The van der Waals surface area contributed by atoms with E-state index in [2.05, 4.69) is 15.3 Å². The van der Waals surface area contributed by atoms with Gasteiger partial charge in [-0.3, -0.25) is 19.0 Å². The summed E-state index contributed by atoms with van der Waals surface area (Å²) in [5.74, 6) is -0.430. The minimum atomic E-state index is -0.323. The van der Waals surface area contributed by atoms with Gasteiger partial charge in [0.25, 0.3) is 0 Å². The lowest BCUT2D eigenvalue weighted by Gasteiger charge is -2.15. The number of hydrogen-bond donors (Lipinski definition) is 1. The van der Waals surface area contributed by atoms with E-state index in [1.807, 2.05) is 41.1 Å². The molecule has 26 heavy (non-hydrogen) atoms. The first kappa shape index (κ1) is 16.7. The van der Waals surface area contributed by atoms with Gasteiger partial charge < -0.3 is 10.2 Å². The van der Waals surface area contributed by atoms with Gasteiger partial charge in [-0.05, 0) is 19.1 Å². The van der Waals surface area contributed by atoms with Crippen LogP contribution in [0.4, 0.5) is 0 Å². The summed E-state index contributed by atoms with van der Waals surface area (Å²) in [5.41, 5.74) is 2.78. The van der Waals surface area contributed by atoms with Gasteiger partial charge in [0.05, 0.1) is 30.4 Å². The molecule has 0 bridgehead atoms. The predicted octanol–water partition coefficient (Wildman–Crippen LogP) is 1.76. The molecule has 0 unspecified atom stereocenters. The van der Waals surface area contributed by atoms with Crippen LogP contribution >= 0.6 is 11.3 Å². The molecule has 7 nitrogen and oxygen atoms in total. The van der Waals surface area contributed by atoms with Gasteiger partial charge in [-0.2, -0.15) is 0 Å². The molecule has 1 atom stereocenters. The minimum Gasteiger partial charge on any atom is -0.350 e. The molecule has 134 valence electrons. The zero-order chi connectivity index (χ0) is 18.1. The van der Waals surface area contributed by atoms with Crippen molar-refractivity contribution in [1.82, 2.24) is 24.6 Å². The van der Waals surface area contributed by atoms with Gasteiger partial charge >= 0.3 is 0 Å². The van der Waals surface area contributed by atoms with Gasteiger partial charge in [0.1, 0.15) is 0 Å². The summed E-state index contributed by atoms with van der Waals surface area (Å²) in [5, 5.41) is 4.96. The van der Waals surface area contributed by atoms with Crippen LogP contribution in [0.15, 0.2) is 36.0 Å². The molecular weight excluding hydrogens is 350 g/mol. The lowest BCUT2D eigenvalue weighted by molar-refractivity contribution is -0.129. The number of fused-ring (bicyclic) bond motifs is 1. The number of aryl methyl sites for hydroxylation is 1. The zero-order valence-corrected chi connectivity index (χ0v) is 15.2. The maximum Gasteiger partial charge on any atom is 0.225 e. The van der Waals surface area contributed by atoms with E-state index in [4.69, 9.17) is 0 Å². The summed E-state index contributed by atoms with van der Waals surface area (Å²) in [6.45, 7) is 3.27. The molecule has 0 aromatic carbocycles. The van der Waals surface area contributed by atoms with Crippen LogP contribution in [-0.4, -0.2) is 37.6 Å². The number of nitrogens with zero attached hydrogens (tertiary/aromatic N) is 4. The van der Waals surface area contributed by atoms with E-state index in [1.165, 1.54) is 0 Å². The number of aromatic nitrogens is 3. The summed E-state index contributed by atoms with van der Waals surface area (Å²) >= 11 is 1.58. The van der Waals surface area contributed by atoms with E-state index < -0.39 is 0 Å². The van der Waals surface area contributed by atoms with Crippen molar-refractivity contribution < 1.29 is 9.59 Å². The number of carbonyl (C=O) groups excluding carboxylic acids is 2. The van der Waals surface area contributed by atoms with E-state index in [1.54, 1.807) is 22.4 Å². The third-order valence-corrected chi connectivity index (χ3v) is 5.50. The molecule has 0 saturated carbocycles. The smallest absolute Gasteiger partial charge is 0.225 e. The Bertz CT molecular complexity index is 949. The minimum absolute atomic E-state index is 0.00562. The van der Waals surface area contributed by atoms with E-state index >= 15 is 0 Å². The van der Waals surface area contributed by atoms with E-state index in [0.29, 0.717) is 19.6 Å². The molecule has 1 aliphatic heterocycles. The van der Waals surface area contributed by atoms with Crippen LogP contribution < -0.4 is 5.32 Å². The van der Waals surface area contributed by atoms with Crippen molar-refractivity contribution >= 4 is 28.1 Å². The van der Waals surface area contributed by atoms with Crippen LogP contribution in [0.3, 0.4) is 0 Å². The van der Waals surface area contributed by atoms with Crippen molar-refractivity contribution in [3.8, 4) is 0 Å². The van der Waals surface area contributed by atoms with Gasteiger partial charge in [0, 0.05) is 36.4 Å². The highest BCUT2D eigenvalue weighted by molar-refractivity contribution is 7.15. The third-order valence-electron chi connectivity index (χ3n) is 4.55. The molecule has 1 N–H and O–H groups in total. The number of amides is 2. The quantitative estimate of drug-likeness (QED) is 0.743. The standard InChI is InChI=1S/C18H19N5O2S/c1-12-11-26-18-21-15(10-23(12)18)7-20-17(25)13-6-16(24)22(8-13)9-14-4-2-3-5-19-14/h2-5,10-11,13H,6-9H2,1H3,(H,20,25)/t13-/m0/s1. The highest BCUT2D eigenvalue weighted by Gasteiger charge is 2.34. The summed E-state index contributed by atoms with van der Waals surface area (Å²) in [7, 11) is 0. The summed E-state index contributed by atoms with van der Waals surface area (Å²) in [4.78, 5) is 36.0. The van der Waals surface area contributed by atoms with Gasteiger partial charge in [-0.1, -0.05) is 6.07 Å². The molecule has 8 heteroatoms. The normalized spacial score (nSPS) is 17.2. The average molecular weight is 369 g/mol. The first-order valence-corrected chi connectivity index (χ1v) is 9.35. The van der Waals surface area contributed by atoms with Crippen LogP contribution in [0.25, 0.3) is 4.96 Å². The number of nitrogens with one attached hydrogen (secondary N) is 1. The molecule has 4 rings (SSSR count). The Morgan fingerprint density at radius 2 is 2.27 bits per heavy atom. The van der Waals surface area contributed by atoms with Crippen molar-refractivity contribution in [1.29, 1.82) is 0 Å². The van der Waals surface area contributed by atoms with Crippen LogP contribution in [0.5, 0.6) is 0 Å². The zero-order valence-electron chi connectivity index (χ0n) is 14.4. The highest BCUT2D eigenvalue weighted by atomic mass is 32.1. The Kier molecular flexibility index (Phi) is 4.42. The maximum absolute atomic E-state index is 12.4. The van der Waals surface area contributed by atoms with Gasteiger partial charge in [0.2, 0.25) is 11.8 Å². The lowest BCUT2D eigenvalue weighted by atomic mass is 10.1.